The Balaban J connectivity index is 1.86. The fourth-order valence-electron chi connectivity index (χ4n) is 1.95. The first kappa shape index (κ1) is 14.8. The third-order valence-corrected chi connectivity index (χ3v) is 4.31. The predicted octanol–water partition coefficient (Wildman–Crippen LogP) is 3.36. The van der Waals surface area contributed by atoms with Crippen molar-refractivity contribution < 1.29 is 9.21 Å². The molecule has 3 aromatic rings. The number of rotatable bonds is 4. The van der Waals surface area contributed by atoms with Crippen molar-refractivity contribution in [1.82, 2.24) is 4.98 Å². The van der Waals surface area contributed by atoms with E-state index in [-0.39, 0.29) is 11.2 Å². The number of anilines is 1. The average Bonchev–Trinajstić information content (AvgIpc) is 2.95. The first-order valence-electron chi connectivity index (χ1n) is 6.45. The smallest absolute Gasteiger partial charge is 0.293 e. The lowest BCUT2D eigenvalue weighted by Crippen LogP contribution is -2.14. The van der Waals surface area contributed by atoms with Gasteiger partial charge >= 0.3 is 0 Å². The Morgan fingerprint density at radius 3 is 3.05 bits per heavy atom. The van der Waals surface area contributed by atoms with Crippen LogP contribution in [0.2, 0.25) is 0 Å². The minimum Gasteiger partial charge on any atom is -0.451 e. The van der Waals surface area contributed by atoms with Crippen molar-refractivity contribution >= 4 is 45.1 Å². The van der Waals surface area contributed by atoms with Gasteiger partial charge in [-0.25, -0.2) is 4.98 Å². The van der Waals surface area contributed by atoms with Crippen LogP contribution >= 0.6 is 23.1 Å². The molecule has 3 rings (SSSR count). The Bertz CT molecular complexity index is 886. The molecule has 0 aliphatic rings. The summed E-state index contributed by atoms with van der Waals surface area (Å²) in [6.07, 6.45) is 1.99. The summed E-state index contributed by atoms with van der Waals surface area (Å²) in [6.45, 7) is 0. The Kier molecular flexibility index (Phi) is 4.26. The monoisotopic (exact) mass is 332 g/mol. The van der Waals surface area contributed by atoms with Crippen molar-refractivity contribution in [2.45, 2.75) is 5.75 Å². The van der Waals surface area contributed by atoms with E-state index < -0.39 is 5.91 Å². The van der Waals surface area contributed by atoms with Crippen LogP contribution in [0.4, 0.5) is 5.13 Å². The maximum atomic E-state index is 12.2. The summed E-state index contributed by atoms with van der Waals surface area (Å²) in [5.74, 6) is 0.287. The molecule has 22 heavy (non-hydrogen) atoms. The molecule has 0 fully saturated rings. The molecule has 2 aromatic heterocycles. The van der Waals surface area contributed by atoms with Crippen LogP contribution in [0.1, 0.15) is 16.2 Å². The third kappa shape index (κ3) is 3.05. The summed E-state index contributed by atoms with van der Waals surface area (Å²) in [5, 5.41) is 5.49. The number of thiazole rings is 1. The second-order valence-electron chi connectivity index (χ2n) is 4.50. The number of hydrogen-bond acceptors (Lipinski definition) is 6. The molecule has 0 atom stereocenters. The zero-order valence-electron chi connectivity index (χ0n) is 11.7. The molecular weight excluding hydrogens is 320 g/mol. The average molecular weight is 332 g/mol. The number of nitrogens with one attached hydrogen (secondary N) is 1. The second-order valence-corrected chi connectivity index (χ2v) is 6.23. The lowest BCUT2D eigenvalue weighted by molar-refractivity contribution is 0.0997. The largest absolute Gasteiger partial charge is 0.451 e. The number of amides is 1. The highest BCUT2D eigenvalue weighted by Crippen LogP contribution is 2.19. The zero-order valence-corrected chi connectivity index (χ0v) is 13.3. The summed E-state index contributed by atoms with van der Waals surface area (Å²) < 4.78 is 5.49. The zero-order chi connectivity index (χ0) is 15.5. The molecule has 1 amide bonds. The highest BCUT2D eigenvalue weighted by atomic mass is 32.2. The van der Waals surface area contributed by atoms with Crippen LogP contribution in [0.25, 0.3) is 11.0 Å². The number of nitrogens with zero attached hydrogens (tertiary/aromatic N) is 1. The normalized spacial score (nSPS) is 10.8. The molecular formula is C15H12N2O3S2. The highest BCUT2D eigenvalue weighted by molar-refractivity contribution is 7.97. The van der Waals surface area contributed by atoms with E-state index in [0.29, 0.717) is 16.1 Å². The van der Waals surface area contributed by atoms with E-state index in [1.54, 1.807) is 36.0 Å². The molecule has 1 aromatic carbocycles. The van der Waals surface area contributed by atoms with Crippen LogP contribution in [-0.4, -0.2) is 17.1 Å². The summed E-state index contributed by atoms with van der Waals surface area (Å²) in [7, 11) is 0. The number of aromatic nitrogens is 1. The van der Waals surface area contributed by atoms with Crippen LogP contribution in [0.3, 0.4) is 0 Å². The fraction of sp³-hybridized carbons (Fsp3) is 0.133. The SMILES string of the molecule is CSCc1csc(NC(=O)c2cc(=O)c3ccccc3o2)n1. The summed E-state index contributed by atoms with van der Waals surface area (Å²) in [4.78, 5) is 28.5. The molecule has 5 nitrogen and oxygen atoms in total. The summed E-state index contributed by atoms with van der Waals surface area (Å²) in [5.41, 5.74) is 1.06. The van der Waals surface area contributed by atoms with E-state index in [1.807, 2.05) is 11.6 Å². The van der Waals surface area contributed by atoms with Gasteiger partial charge in [0.1, 0.15) is 5.58 Å². The van der Waals surface area contributed by atoms with Crippen molar-refractivity contribution in [1.29, 1.82) is 0 Å². The van der Waals surface area contributed by atoms with E-state index in [2.05, 4.69) is 10.3 Å². The molecule has 0 aliphatic heterocycles. The Hall–Kier alpha value is -2.12. The van der Waals surface area contributed by atoms with Gasteiger partial charge in [-0.15, -0.1) is 11.3 Å². The van der Waals surface area contributed by atoms with E-state index >= 15 is 0 Å². The topological polar surface area (TPSA) is 72.2 Å². The number of carbonyl (C=O) groups excluding carboxylic acids is 1. The minimum atomic E-state index is -0.479. The molecule has 0 unspecified atom stereocenters. The van der Waals surface area contributed by atoms with Gasteiger partial charge in [0, 0.05) is 17.2 Å². The quantitative estimate of drug-likeness (QED) is 0.793. The van der Waals surface area contributed by atoms with Crippen LogP contribution in [0.15, 0.2) is 44.9 Å². The van der Waals surface area contributed by atoms with Crippen molar-refractivity contribution in [3.05, 3.63) is 57.4 Å². The predicted molar refractivity (Wildman–Crippen MR) is 89.8 cm³/mol. The number of para-hydroxylation sites is 1. The summed E-state index contributed by atoms with van der Waals surface area (Å²) in [6, 6.07) is 8.03. The van der Waals surface area contributed by atoms with Gasteiger partial charge in [0.25, 0.3) is 5.91 Å². The molecule has 1 N–H and O–H groups in total. The maximum absolute atomic E-state index is 12.2. The van der Waals surface area contributed by atoms with Gasteiger partial charge in [-0.2, -0.15) is 11.8 Å². The lowest BCUT2D eigenvalue weighted by atomic mass is 10.2. The lowest BCUT2D eigenvalue weighted by Gasteiger charge is -2.02. The number of thioether (sulfide) groups is 1. The molecule has 112 valence electrons. The van der Waals surface area contributed by atoms with Crippen LogP contribution in [0, 0.1) is 0 Å². The van der Waals surface area contributed by atoms with Crippen LogP contribution < -0.4 is 10.7 Å². The number of hydrogen-bond donors (Lipinski definition) is 1. The fourth-order valence-corrected chi connectivity index (χ4v) is 3.21. The number of carbonyl (C=O) groups is 1. The molecule has 0 saturated carbocycles. The number of benzene rings is 1. The first-order valence-corrected chi connectivity index (χ1v) is 8.72. The Morgan fingerprint density at radius 2 is 2.23 bits per heavy atom. The molecule has 0 spiro atoms. The van der Waals surface area contributed by atoms with E-state index in [9.17, 15) is 9.59 Å². The minimum absolute atomic E-state index is 0.0229. The molecule has 2 heterocycles. The van der Waals surface area contributed by atoms with E-state index in [0.717, 1.165) is 11.4 Å². The van der Waals surface area contributed by atoms with E-state index in [1.165, 1.54) is 17.4 Å². The molecule has 0 aliphatic carbocycles. The van der Waals surface area contributed by atoms with Gasteiger partial charge in [-0.05, 0) is 18.4 Å². The standard InChI is InChI=1S/C15H12N2O3S2/c1-21-7-9-8-22-15(16-9)17-14(19)13-6-11(18)10-4-2-3-5-12(10)20-13/h2-6,8H,7H2,1H3,(H,16,17,19). The van der Waals surface area contributed by atoms with Gasteiger partial charge in [0.15, 0.2) is 16.3 Å². The van der Waals surface area contributed by atoms with Gasteiger partial charge < -0.3 is 4.42 Å². The van der Waals surface area contributed by atoms with Crippen LogP contribution in [-0.2, 0) is 5.75 Å². The Labute approximate surface area is 134 Å². The van der Waals surface area contributed by atoms with Crippen molar-refractivity contribution in [3.63, 3.8) is 0 Å². The van der Waals surface area contributed by atoms with Gasteiger partial charge in [-0.1, -0.05) is 12.1 Å². The van der Waals surface area contributed by atoms with E-state index in [4.69, 9.17) is 4.42 Å². The van der Waals surface area contributed by atoms with Crippen molar-refractivity contribution in [2.75, 3.05) is 11.6 Å². The molecule has 7 heteroatoms. The highest BCUT2D eigenvalue weighted by Gasteiger charge is 2.14. The first-order chi connectivity index (χ1) is 10.7. The van der Waals surface area contributed by atoms with Crippen molar-refractivity contribution in [3.8, 4) is 0 Å². The third-order valence-electron chi connectivity index (χ3n) is 2.92. The summed E-state index contributed by atoms with van der Waals surface area (Å²) >= 11 is 3.00. The Morgan fingerprint density at radius 1 is 1.41 bits per heavy atom. The van der Waals surface area contributed by atoms with Crippen molar-refractivity contribution in [2.24, 2.45) is 0 Å². The molecule has 0 saturated heterocycles. The van der Waals surface area contributed by atoms with Gasteiger partial charge in [0.05, 0.1) is 11.1 Å². The van der Waals surface area contributed by atoms with Gasteiger partial charge in [0.2, 0.25) is 0 Å². The number of fused-ring (bicyclic) bond motifs is 1. The van der Waals surface area contributed by atoms with Gasteiger partial charge in [-0.3, -0.25) is 14.9 Å². The maximum Gasteiger partial charge on any atom is 0.293 e. The second kappa shape index (κ2) is 6.33. The molecule has 0 bridgehead atoms. The molecule has 0 radical (unpaired) electrons. The van der Waals surface area contributed by atoms with Crippen LogP contribution in [0.5, 0.6) is 0 Å².